The van der Waals surface area contributed by atoms with Crippen LogP contribution in [0.5, 0.6) is 0 Å². The maximum atomic E-state index is 12.2. The molecular weight excluding hydrogens is 254 g/mol. The molecule has 1 rings (SSSR count). The Morgan fingerprint density at radius 1 is 1.50 bits per heavy atom. The molecule has 0 aliphatic carbocycles. The van der Waals surface area contributed by atoms with Crippen LogP contribution in [-0.2, 0) is 4.79 Å². The molecule has 1 aromatic rings. The molecule has 0 fully saturated rings. The topological polar surface area (TPSA) is 55.2 Å². The van der Waals surface area contributed by atoms with Crippen molar-refractivity contribution in [1.82, 2.24) is 14.5 Å². The van der Waals surface area contributed by atoms with Crippen molar-refractivity contribution in [2.75, 3.05) is 13.1 Å². The molecule has 0 aliphatic heterocycles. The molecule has 1 amide bonds. The molecule has 1 unspecified atom stereocenters. The van der Waals surface area contributed by atoms with E-state index in [-0.39, 0.29) is 16.6 Å². The van der Waals surface area contributed by atoms with Crippen molar-refractivity contribution in [1.29, 1.82) is 0 Å². The number of likely N-dealkylation sites (N-methyl/N-ethyl adjacent to an activating group) is 1. The van der Waals surface area contributed by atoms with Gasteiger partial charge in [-0.3, -0.25) is 14.2 Å². The minimum Gasteiger partial charge on any atom is -0.341 e. The molecule has 1 aromatic heterocycles. The highest BCUT2D eigenvalue weighted by Crippen LogP contribution is 2.11. The number of carbonyl (C=O) groups is 1. The van der Waals surface area contributed by atoms with E-state index in [0.717, 1.165) is 0 Å². The predicted molar refractivity (Wildman–Crippen MR) is 70.9 cm³/mol. The molecule has 0 spiro atoms. The van der Waals surface area contributed by atoms with Crippen molar-refractivity contribution in [3.63, 3.8) is 0 Å². The number of nitrogens with zero attached hydrogens (tertiary/aromatic N) is 3. The van der Waals surface area contributed by atoms with Crippen molar-refractivity contribution < 1.29 is 4.79 Å². The van der Waals surface area contributed by atoms with Crippen molar-refractivity contribution in [2.45, 2.75) is 33.7 Å². The van der Waals surface area contributed by atoms with Gasteiger partial charge in [0.25, 0.3) is 5.56 Å². The van der Waals surface area contributed by atoms with Gasteiger partial charge in [-0.05, 0) is 27.7 Å². The van der Waals surface area contributed by atoms with E-state index in [1.807, 2.05) is 13.8 Å². The minimum absolute atomic E-state index is 0.0886. The Hall–Kier alpha value is -1.36. The number of aryl methyl sites for hydroxylation is 1. The van der Waals surface area contributed by atoms with Gasteiger partial charge in [0.1, 0.15) is 17.0 Å². The first-order chi connectivity index (χ1) is 8.42. The summed E-state index contributed by atoms with van der Waals surface area (Å²) < 4.78 is 1.37. The fourth-order valence-electron chi connectivity index (χ4n) is 1.95. The molecule has 100 valence electrons. The van der Waals surface area contributed by atoms with Gasteiger partial charge >= 0.3 is 0 Å². The van der Waals surface area contributed by atoms with Gasteiger partial charge < -0.3 is 4.90 Å². The Bertz CT molecular complexity index is 495. The summed E-state index contributed by atoms with van der Waals surface area (Å²) in [6.07, 6.45) is 0. The van der Waals surface area contributed by atoms with E-state index in [1.165, 1.54) is 10.6 Å². The molecule has 0 bridgehead atoms. The smallest absolute Gasteiger partial charge is 0.255 e. The standard InChI is InChI=1S/C12H18ClN3O2/c1-5-15(6-2)12(18)8(3)16-9(4)14-10(13)7-11(16)17/h7-8H,5-6H2,1-4H3. The molecule has 5 nitrogen and oxygen atoms in total. The van der Waals surface area contributed by atoms with E-state index in [1.54, 1.807) is 18.7 Å². The van der Waals surface area contributed by atoms with Crippen LogP contribution >= 0.6 is 11.6 Å². The van der Waals surface area contributed by atoms with Crippen LogP contribution < -0.4 is 5.56 Å². The maximum absolute atomic E-state index is 12.2. The molecule has 1 heterocycles. The molecule has 0 aliphatic rings. The normalized spacial score (nSPS) is 12.3. The SMILES string of the molecule is CCN(CC)C(=O)C(C)n1c(C)nc(Cl)cc1=O. The third-order valence-corrected chi connectivity index (χ3v) is 3.11. The van der Waals surface area contributed by atoms with E-state index in [9.17, 15) is 9.59 Å². The summed E-state index contributed by atoms with van der Waals surface area (Å²) in [7, 11) is 0. The zero-order chi connectivity index (χ0) is 13.9. The largest absolute Gasteiger partial charge is 0.341 e. The second kappa shape index (κ2) is 6.00. The lowest BCUT2D eigenvalue weighted by molar-refractivity contribution is -0.134. The van der Waals surface area contributed by atoms with E-state index in [2.05, 4.69) is 4.98 Å². The second-order valence-corrected chi connectivity index (χ2v) is 4.41. The lowest BCUT2D eigenvalue weighted by atomic mass is 10.2. The van der Waals surface area contributed by atoms with Crippen molar-refractivity contribution in [2.24, 2.45) is 0 Å². The van der Waals surface area contributed by atoms with Gasteiger partial charge in [0.15, 0.2) is 0 Å². The fraction of sp³-hybridized carbons (Fsp3) is 0.583. The number of aromatic nitrogens is 2. The van der Waals surface area contributed by atoms with Crippen LogP contribution in [0.2, 0.25) is 5.15 Å². The van der Waals surface area contributed by atoms with Gasteiger partial charge in [-0.25, -0.2) is 4.98 Å². The summed E-state index contributed by atoms with van der Waals surface area (Å²) in [5.41, 5.74) is -0.305. The van der Waals surface area contributed by atoms with Crippen molar-refractivity contribution >= 4 is 17.5 Å². The summed E-state index contributed by atoms with van der Waals surface area (Å²) in [6.45, 7) is 8.42. The second-order valence-electron chi connectivity index (χ2n) is 4.02. The summed E-state index contributed by atoms with van der Waals surface area (Å²) in [4.78, 5) is 29.8. The molecule has 18 heavy (non-hydrogen) atoms. The molecule has 0 N–H and O–H groups in total. The Labute approximate surface area is 111 Å². The lowest BCUT2D eigenvalue weighted by Crippen LogP contribution is -2.40. The minimum atomic E-state index is -0.567. The Kier molecular flexibility index (Phi) is 4.90. The van der Waals surface area contributed by atoms with Crippen LogP contribution in [0.15, 0.2) is 10.9 Å². The molecule has 1 atom stereocenters. The molecule has 0 saturated carbocycles. The monoisotopic (exact) mass is 271 g/mol. The van der Waals surface area contributed by atoms with Gasteiger partial charge in [0.05, 0.1) is 0 Å². The van der Waals surface area contributed by atoms with Gasteiger partial charge in [0.2, 0.25) is 5.91 Å². The Morgan fingerprint density at radius 3 is 2.50 bits per heavy atom. The molecular formula is C12H18ClN3O2. The highest BCUT2D eigenvalue weighted by Gasteiger charge is 2.22. The van der Waals surface area contributed by atoms with Gasteiger partial charge in [-0.15, -0.1) is 0 Å². The molecule has 0 radical (unpaired) electrons. The average Bonchev–Trinajstić information content (AvgIpc) is 2.28. The highest BCUT2D eigenvalue weighted by molar-refractivity contribution is 6.29. The van der Waals surface area contributed by atoms with Gasteiger partial charge in [0, 0.05) is 19.2 Å². The average molecular weight is 272 g/mol. The first-order valence-corrected chi connectivity index (χ1v) is 6.34. The number of rotatable bonds is 4. The maximum Gasteiger partial charge on any atom is 0.255 e. The van der Waals surface area contributed by atoms with Crippen molar-refractivity contribution in [3.8, 4) is 0 Å². The Balaban J connectivity index is 3.15. The van der Waals surface area contributed by atoms with Crippen LogP contribution in [0, 0.1) is 6.92 Å². The van der Waals surface area contributed by atoms with E-state index >= 15 is 0 Å². The third-order valence-electron chi connectivity index (χ3n) is 2.92. The number of carbonyl (C=O) groups excluding carboxylic acids is 1. The zero-order valence-corrected chi connectivity index (χ0v) is 11.9. The third kappa shape index (κ3) is 2.90. The summed E-state index contributed by atoms with van der Waals surface area (Å²) >= 11 is 5.70. The quantitative estimate of drug-likeness (QED) is 0.782. The summed E-state index contributed by atoms with van der Waals surface area (Å²) in [5.74, 6) is 0.356. The van der Waals surface area contributed by atoms with E-state index < -0.39 is 6.04 Å². The first-order valence-electron chi connectivity index (χ1n) is 5.96. The number of amides is 1. The van der Waals surface area contributed by atoms with Gasteiger partial charge in [-0.2, -0.15) is 0 Å². The predicted octanol–water partition coefficient (Wildman–Crippen LogP) is 1.63. The van der Waals surface area contributed by atoms with Crippen LogP contribution in [0.25, 0.3) is 0 Å². The van der Waals surface area contributed by atoms with Crippen LogP contribution in [0.1, 0.15) is 32.6 Å². The van der Waals surface area contributed by atoms with Crippen LogP contribution in [-0.4, -0.2) is 33.4 Å². The molecule has 0 aromatic carbocycles. The zero-order valence-electron chi connectivity index (χ0n) is 11.1. The number of hydrogen-bond acceptors (Lipinski definition) is 3. The first kappa shape index (κ1) is 14.7. The van der Waals surface area contributed by atoms with Crippen LogP contribution in [0.4, 0.5) is 0 Å². The fourth-order valence-corrected chi connectivity index (χ4v) is 2.17. The summed E-state index contributed by atoms with van der Waals surface area (Å²) in [6, 6.07) is 0.655. The van der Waals surface area contributed by atoms with E-state index in [0.29, 0.717) is 18.9 Å². The lowest BCUT2D eigenvalue weighted by Gasteiger charge is -2.24. The molecule has 6 heteroatoms. The number of halogens is 1. The number of hydrogen-bond donors (Lipinski definition) is 0. The van der Waals surface area contributed by atoms with Gasteiger partial charge in [-0.1, -0.05) is 11.6 Å². The van der Waals surface area contributed by atoms with Crippen LogP contribution in [0.3, 0.4) is 0 Å². The Morgan fingerprint density at radius 2 is 2.06 bits per heavy atom. The summed E-state index contributed by atoms with van der Waals surface area (Å²) in [5, 5.41) is 0.149. The van der Waals surface area contributed by atoms with E-state index in [4.69, 9.17) is 11.6 Å². The highest BCUT2D eigenvalue weighted by atomic mass is 35.5. The van der Waals surface area contributed by atoms with Crippen molar-refractivity contribution in [3.05, 3.63) is 27.4 Å². The molecule has 0 saturated heterocycles.